The second kappa shape index (κ2) is 6.41. The van der Waals surface area contributed by atoms with E-state index in [0.29, 0.717) is 36.4 Å². The predicted octanol–water partition coefficient (Wildman–Crippen LogP) is 4.76. The molecule has 25 heavy (non-hydrogen) atoms. The lowest BCUT2D eigenvalue weighted by Crippen LogP contribution is -2.41. The molecular formula is C22H30O3. The van der Waals surface area contributed by atoms with E-state index in [2.05, 4.69) is 13.0 Å². The molecule has 5 atom stereocenters. The fourth-order valence-electron chi connectivity index (χ4n) is 6.06. The zero-order valence-electron chi connectivity index (χ0n) is 15.6. The molecule has 0 aromatic heterocycles. The number of allylic oxidation sites excluding steroid dienone is 4. The van der Waals surface area contributed by atoms with Gasteiger partial charge in [-0.3, -0.25) is 9.59 Å². The summed E-state index contributed by atoms with van der Waals surface area (Å²) in [5.74, 6) is 2.09. The number of rotatable bonds is 3. The molecule has 4 aliphatic carbocycles. The van der Waals surface area contributed by atoms with Crippen molar-refractivity contribution in [2.45, 2.75) is 77.7 Å². The largest absolute Gasteiger partial charge is 0.462 e. The van der Waals surface area contributed by atoms with E-state index >= 15 is 0 Å². The SMILES string of the molecule is CCCC(=O)OC1CCC2C3CCC4=CC(=O)CCC4(C)C3=CCC12. The van der Waals surface area contributed by atoms with Crippen molar-refractivity contribution < 1.29 is 14.3 Å². The van der Waals surface area contributed by atoms with Crippen molar-refractivity contribution in [1.29, 1.82) is 0 Å². The number of carbonyl (C=O) groups excluding carboxylic acids is 2. The summed E-state index contributed by atoms with van der Waals surface area (Å²) < 4.78 is 5.82. The molecule has 0 aromatic carbocycles. The number of hydrogen-bond acceptors (Lipinski definition) is 3. The van der Waals surface area contributed by atoms with Crippen LogP contribution in [0.25, 0.3) is 0 Å². The average molecular weight is 342 g/mol. The Hall–Kier alpha value is -1.38. The lowest BCUT2D eigenvalue weighted by Gasteiger charge is -2.50. The first-order valence-corrected chi connectivity index (χ1v) is 10.2. The van der Waals surface area contributed by atoms with Crippen LogP contribution in [-0.2, 0) is 14.3 Å². The van der Waals surface area contributed by atoms with E-state index in [1.807, 2.05) is 13.0 Å². The first-order valence-electron chi connectivity index (χ1n) is 10.2. The van der Waals surface area contributed by atoms with Crippen LogP contribution >= 0.6 is 0 Å². The summed E-state index contributed by atoms with van der Waals surface area (Å²) in [6.45, 7) is 4.38. The van der Waals surface area contributed by atoms with Gasteiger partial charge in [0.2, 0.25) is 0 Å². The molecule has 0 spiro atoms. The summed E-state index contributed by atoms with van der Waals surface area (Å²) in [5, 5.41) is 0. The third kappa shape index (κ3) is 2.80. The third-order valence-corrected chi connectivity index (χ3v) is 7.35. The molecule has 2 saturated carbocycles. The van der Waals surface area contributed by atoms with Crippen molar-refractivity contribution >= 4 is 11.8 Å². The predicted molar refractivity (Wildman–Crippen MR) is 96.9 cm³/mol. The molecule has 0 aromatic rings. The maximum absolute atomic E-state index is 11.9. The Bertz CT molecular complexity index is 644. The van der Waals surface area contributed by atoms with Gasteiger partial charge in [0.25, 0.3) is 0 Å². The minimum atomic E-state index is -0.0189. The molecule has 4 aliphatic rings. The average Bonchev–Trinajstić information content (AvgIpc) is 2.99. The van der Waals surface area contributed by atoms with Crippen LogP contribution in [0.1, 0.15) is 71.6 Å². The minimum absolute atomic E-state index is 0.0189. The quantitative estimate of drug-likeness (QED) is 0.548. The van der Waals surface area contributed by atoms with Gasteiger partial charge in [0.1, 0.15) is 6.10 Å². The van der Waals surface area contributed by atoms with Crippen LogP contribution in [0.15, 0.2) is 23.3 Å². The van der Waals surface area contributed by atoms with Gasteiger partial charge in [-0.15, -0.1) is 0 Å². The van der Waals surface area contributed by atoms with Crippen molar-refractivity contribution in [2.75, 3.05) is 0 Å². The van der Waals surface area contributed by atoms with Gasteiger partial charge in [0, 0.05) is 24.2 Å². The van der Waals surface area contributed by atoms with E-state index in [4.69, 9.17) is 4.74 Å². The molecule has 0 aliphatic heterocycles. The summed E-state index contributed by atoms with van der Waals surface area (Å²) in [4.78, 5) is 23.8. The normalized spacial score (nSPS) is 39.7. The minimum Gasteiger partial charge on any atom is -0.462 e. The Balaban J connectivity index is 1.56. The maximum Gasteiger partial charge on any atom is 0.306 e. The zero-order valence-corrected chi connectivity index (χ0v) is 15.6. The molecule has 0 heterocycles. The molecule has 0 bridgehead atoms. The summed E-state index contributed by atoms with van der Waals surface area (Å²) in [6, 6.07) is 0. The van der Waals surface area contributed by atoms with Gasteiger partial charge in [-0.25, -0.2) is 0 Å². The highest BCUT2D eigenvalue weighted by atomic mass is 16.5. The summed E-state index contributed by atoms with van der Waals surface area (Å²) in [6.07, 6.45) is 13.1. The fourth-order valence-corrected chi connectivity index (χ4v) is 6.06. The highest BCUT2D eigenvalue weighted by Gasteiger charge is 2.51. The van der Waals surface area contributed by atoms with E-state index in [0.717, 1.165) is 38.5 Å². The Labute approximate surface area is 150 Å². The molecular weight excluding hydrogens is 312 g/mol. The highest BCUT2D eigenvalue weighted by molar-refractivity contribution is 5.92. The van der Waals surface area contributed by atoms with E-state index < -0.39 is 0 Å². The van der Waals surface area contributed by atoms with Crippen molar-refractivity contribution in [1.82, 2.24) is 0 Å². The fraction of sp³-hybridized carbons (Fsp3) is 0.727. The lowest BCUT2D eigenvalue weighted by molar-refractivity contribution is -0.151. The Morgan fingerprint density at radius 2 is 2.08 bits per heavy atom. The van der Waals surface area contributed by atoms with Crippen LogP contribution in [0.4, 0.5) is 0 Å². The van der Waals surface area contributed by atoms with Crippen molar-refractivity contribution in [3.05, 3.63) is 23.3 Å². The first-order chi connectivity index (χ1) is 12.0. The van der Waals surface area contributed by atoms with Gasteiger partial charge in [0.05, 0.1) is 0 Å². The van der Waals surface area contributed by atoms with E-state index in [1.165, 1.54) is 12.0 Å². The Morgan fingerprint density at radius 3 is 2.88 bits per heavy atom. The molecule has 0 amide bonds. The van der Waals surface area contributed by atoms with Gasteiger partial charge < -0.3 is 4.74 Å². The van der Waals surface area contributed by atoms with Gasteiger partial charge in [-0.1, -0.05) is 31.1 Å². The summed E-state index contributed by atoms with van der Waals surface area (Å²) >= 11 is 0. The highest BCUT2D eigenvalue weighted by Crippen LogP contribution is 2.59. The monoisotopic (exact) mass is 342 g/mol. The van der Waals surface area contributed by atoms with Crippen LogP contribution in [0, 0.1) is 23.2 Å². The molecule has 0 radical (unpaired) electrons. The molecule has 3 heteroatoms. The molecule has 5 unspecified atom stereocenters. The molecule has 0 N–H and O–H groups in total. The van der Waals surface area contributed by atoms with Crippen molar-refractivity contribution in [3.8, 4) is 0 Å². The molecule has 2 fully saturated rings. The van der Waals surface area contributed by atoms with Gasteiger partial charge in [-0.2, -0.15) is 0 Å². The van der Waals surface area contributed by atoms with E-state index in [1.54, 1.807) is 5.57 Å². The van der Waals surface area contributed by atoms with Gasteiger partial charge in [-0.05, 0) is 62.9 Å². The summed E-state index contributed by atoms with van der Waals surface area (Å²) in [5.41, 5.74) is 3.08. The standard InChI is InChI=1S/C22H30O3/c1-3-4-21(24)25-20-10-8-16-17-6-5-14-13-15(23)11-12-22(14,2)19(17)9-7-18(16)20/h9,13,16-18,20H,3-8,10-12H2,1-2H3. The molecule has 136 valence electrons. The summed E-state index contributed by atoms with van der Waals surface area (Å²) in [7, 11) is 0. The molecule has 0 saturated heterocycles. The first kappa shape index (κ1) is 17.1. The number of ether oxygens (including phenoxy) is 1. The van der Waals surface area contributed by atoms with Crippen LogP contribution in [-0.4, -0.2) is 17.9 Å². The number of carbonyl (C=O) groups is 2. The second-order valence-corrected chi connectivity index (χ2v) is 8.69. The van der Waals surface area contributed by atoms with Crippen molar-refractivity contribution in [3.63, 3.8) is 0 Å². The van der Waals surface area contributed by atoms with Crippen LogP contribution in [0.2, 0.25) is 0 Å². The van der Waals surface area contributed by atoms with Crippen LogP contribution < -0.4 is 0 Å². The van der Waals surface area contributed by atoms with Crippen molar-refractivity contribution in [2.24, 2.45) is 23.2 Å². The maximum atomic E-state index is 11.9. The third-order valence-electron chi connectivity index (χ3n) is 7.35. The van der Waals surface area contributed by atoms with Gasteiger partial charge >= 0.3 is 5.97 Å². The Morgan fingerprint density at radius 1 is 1.24 bits per heavy atom. The van der Waals surface area contributed by atoms with E-state index in [9.17, 15) is 9.59 Å². The number of fused-ring (bicyclic) bond motifs is 5. The van der Waals surface area contributed by atoms with Gasteiger partial charge in [0.15, 0.2) is 5.78 Å². The lowest BCUT2D eigenvalue weighted by atomic mass is 9.54. The Kier molecular flexibility index (Phi) is 4.37. The second-order valence-electron chi connectivity index (χ2n) is 8.69. The molecule has 3 nitrogen and oxygen atoms in total. The van der Waals surface area contributed by atoms with Crippen LogP contribution in [0.3, 0.4) is 0 Å². The topological polar surface area (TPSA) is 43.4 Å². The smallest absolute Gasteiger partial charge is 0.306 e. The van der Waals surface area contributed by atoms with E-state index in [-0.39, 0.29) is 17.5 Å². The van der Waals surface area contributed by atoms with Crippen LogP contribution in [0.5, 0.6) is 0 Å². The zero-order chi connectivity index (χ0) is 17.6. The molecule has 4 rings (SSSR count). The number of ketones is 1. The number of esters is 1. The number of hydrogen-bond donors (Lipinski definition) is 0.